The minimum absolute atomic E-state index is 0.295. The quantitative estimate of drug-likeness (QED) is 0.892. The number of hydrogen-bond acceptors (Lipinski definition) is 3. The molecule has 3 nitrogen and oxygen atoms in total. The molecule has 0 bridgehead atoms. The van der Waals surface area contributed by atoms with Gasteiger partial charge in [-0.3, -0.25) is 8.42 Å². The second kappa shape index (κ2) is 5.54. The first-order chi connectivity index (χ1) is 8.52. The van der Waals surface area contributed by atoms with Crippen LogP contribution in [0.25, 0.3) is 0 Å². The number of rotatable bonds is 2. The molecule has 1 aliphatic heterocycles. The Labute approximate surface area is 108 Å². The van der Waals surface area contributed by atoms with Crippen molar-refractivity contribution in [3.8, 4) is 0 Å². The minimum Gasteiger partial charge on any atom is -0.386 e. The van der Waals surface area contributed by atoms with E-state index in [4.69, 9.17) is 0 Å². The van der Waals surface area contributed by atoms with E-state index in [1.54, 1.807) is 0 Å². The van der Waals surface area contributed by atoms with Crippen LogP contribution in [0.15, 0.2) is 18.2 Å². The third-order valence-electron chi connectivity index (χ3n) is 2.76. The topological polar surface area (TPSA) is 54.4 Å². The van der Waals surface area contributed by atoms with Crippen LogP contribution in [0.2, 0.25) is 0 Å². The van der Waals surface area contributed by atoms with E-state index in [-0.39, 0.29) is 0 Å². The molecular weight excluding hydrogens is 282 g/mol. The Morgan fingerprint density at radius 3 is 2.17 bits per heavy atom. The maximum absolute atomic E-state index is 13.5. The van der Waals surface area contributed by atoms with Crippen LogP contribution in [-0.2, 0) is 21.6 Å². The van der Waals surface area contributed by atoms with E-state index in [2.05, 4.69) is 0 Å². The van der Waals surface area contributed by atoms with Gasteiger partial charge in [0, 0.05) is 33.1 Å². The largest absolute Gasteiger partial charge is 0.386 e. The molecule has 100 valence electrons. The minimum atomic E-state index is -1.65. The Kier molecular flexibility index (Phi) is 4.24. The second-order valence-corrected chi connectivity index (χ2v) is 7.63. The Morgan fingerprint density at radius 1 is 1.17 bits per heavy atom. The molecule has 18 heavy (non-hydrogen) atoms. The summed E-state index contributed by atoms with van der Waals surface area (Å²) in [5.41, 5.74) is -0.550. The van der Waals surface area contributed by atoms with Gasteiger partial charge in [0.25, 0.3) is 0 Å². The first-order valence-electron chi connectivity index (χ1n) is 5.38. The van der Waals surface area contributed by atoms with Gasteiger partial charge in [-0.15, -0.1) is 0 Å². The molecular formula is C11H12F2O3S2. The number of hydrogen-bond donors (Lipinski definition) is 1. The summed E-state index contributed by atoms with van der Waals surface area (Å²) in [7, 11) is -3.08. The Balaban J connectivity index is 2.38. The smallest absolute Gasteiger partial charge is 0.140 e. The zero-order chi connectivity index (χ0) is 13.3. The van der Waals surface area contributed by atoms with Crippen molar-refractivity contribution in [2.24, 2.45) is 0 Å². The third kappa shape index (κ3) is 2.53. The molecule has 2 rings (SSSR count). The van der Waals surface area contributed by atoms with Crippen molar-refractivity contribution in [2.45, 2.75) is 17.1 Å². The van der Waals surface area contributed by atoms with Gasteiger partial charge < -0.3 is 5.11 Å². The highest BCUT2D eigenvalue weighted by Crippen LogP contribution is 2.30. The Hall–Kier alpha value is -0.660. The summed E-state index contributed by atoms with van der Waals surface area (Å²) in [6, 6.07) is 3.20. The van der Waals surface area contributed by atoms with E-state index >= 15 is 0 Å². The molecule has 1 N–H and O–H groups in total. The molecule has 0 spiro atoms. The summed E-state index contributed by atoms with van der Waals surface area (Å²) in [5, 5.41) is 9.98. The predicted molar refractivity (Wildman–Crippen MR) is 65.7 cm³/mol. The number of aliphatic hydroxyl groups excluding tert-OH is 1. The van der Waals surface area contributed by atoms with Crippen molar-refractivity contribution in [3.05, 3.63) is 35.4 Å². The maximum atomic E-state index is 13.5. The standard InChI is InChI=1S/C11H12F2O3S2/c12-7-3-1-4-8(13)9(7)10(14)11-17(15)5-2-6-18(11)16/h1,3-4,10-11,14H,2,5-6H2/t10-,11?,17-,18+/m0/s1. The van der Waals surface area contributed by atoms with Crippen LogP contribution in [0.3, 0.4) is 0 Å². The highest BCUT2D eigenvalue weighted by molar-refractivity contribution is 8.03. The van der Waals surface area contributed by atoms with E-state index in [0.717, 1.165) is 12.1 Å². The molecule has 1 aliphatic rings. The molecule has 0 saturated carbocycles. The monoisotopic (exact) mass is 294 g/mol. The van der Waals surface area contributed by atoms with Gasteiger partial charge in [-0.1, -0.05) is 6.07 Å². The molecule has 0 aromatic heterocycles. The first-order valence-corrected chi connectivity index (χ1v) is 8.15. The molecule has 1 aromatic rings. The highest BCUT2D eigenvalue weighted by atomic mass is 32.2. The van der Waals surface area contributed by atoms with Crippen molar-refractivity contribution < 1.29 is 22.3 Å². The summed E-state index contributed by atoms with van der Waals surface area (Å²) in [5.74, 6) is -1.24. The van der Waals surface area contributed by atoms with Crippen molar-refractivity contribution in [3.63, 3.8) is 0 Å². The summed E-state index contributed by atoms with van der Waals surface area (Å²) in [6.07, 6.45) is -1.12. The molecule has 0 amide bonds. The molecule has 0 aliphatic carbocycles. The zero-order valence-electron chi connectivity index (χ0n) is 9.34. The molecule has 0 radical (unpaired) electrons. The van der Waals surface area contributed by atoms with Gasteiger partial charge in [-0.2, -0.15) is 0 Å². The van der Waals surface area contributed by atoms with E-state index in [1.165, 1.54) is 6.07 Å². The van der Waals surface area contributed by atoms with Crippen molar-refractivity contribution in [1.29, 1.82) is 0 Å². The SMILES string of the molecule is O=[S@@]1CCC[S@](=O)C1[C@@H](O)c1c(F)cccc1F. The lowest BCUT2D eigenvalue weighted by molar-refractivity contribution is 0.183. The van der Waals surface area contributed by atoms with Crippen molar-refractivity contribution >= 4 is 21.6 Å². The van der Waals surface area contributed by atoms with Gasteiger partial charge in [0.05, 0.1) is 5.56 Å². The van der Waals surface area contributed by atoms with Gasteiger partial charge in [0.1, 0.15) is 22.3 Å². The molecule has 1 unspecified atom stereocenters. The average molecular weight is 294 g/mol. The molecule has 1 aromatic carbocycles. The molecule has 7 heteroatoms. The lowest BCUT2D eigenvalue weighted by Crippen LogP contribution is -2.36. The fourth-order valence-electron chi connectivity index (χ4n) is 1.91. The van der Waals surface area contributed by atoms with Gasteiger partial charge in [-0.25, -0.2) is 8.78 Å². The van der Waals surface area contributed by atoms with Crippen LogP contribution in [0.1, 0.15) is 18.1 Å². The van der Waals surface area contributed by atoms with E-state index in [1.807, 2.05) is 0 Å². The maximum Gasteiger partial charge on any atom is 0.140 e. The average Bonchev–Trinajstić information content (AvgIpc) is 2.28. The molecule has 1 heterocycles. The number of aliphatic hydroxyl groups is 1. The molecule has 1 saturated heterocycles. The Bertz CT molecular complexity index is 471. The van der Waals surface area contributed by atoms with Crippen LogP contribution in [0, 0.1) is 11.6 Å². The van der Waals surface area contributed by atoms with Gasteiger partial charge >= 0.3 is 0 Å². The number of halogens is 2. The van der Waals surface area contributed by atoms with Crippen LogP contribution in [0.4, 0.5) is 8.78 Å². The van der Waals surface area contributed by atoms with Gasteiger partial charge in [0.2, 0.25) is 0 Å². The summed E-state index contributed by atoms with van der Waals surface area (Å²) < 4.78 is 49.4. The lowest BCUT2D eigenvalue weighted by atomic mass is 10.1. The number of benzene rings is 1. The Morgan fingerprint density at radius 2 is 1.67 bits per heavy atom. The fourth-order valence-corrected chi connectivity index (χ4v) is 5.80. The lowest BCUT2D eigenvalue weighted by Gasteiger charge is -2.26. The molecule has 1 fully saturated rings. The van der Waals surface area contributed by atoms with E-state index in [9.17, 15) is 22.3 Å². The van der Waals surface area contributed by atoms with Gasteiger partial charge in [0.15, 0.2) is 0 Å². The highest BCUT2D eigenvalue weighted by Gasteiger charge is 2.37. The van der Waals surface area contributed by atoms with Crippen LogP contribution < -0.4 is 0 Å². The van der Waals surface area contributed by atoms with Gasteiger partial charge in [-0.05, 0) is 18.6 Å². The third-order valence-corrected chi connectivity index (χ3v) is 6.98. The zero-order valence-corrected chi connectivity index (χ0v) is 11.0. The van der Waals surface area contributed by atoms with Crippen LogP contribution in [0.5, 0.6) is 0 Å². The van der Waals surface area contributed by atoms with Crippen molar-refractivity contribution in [2.75, 3.05) is 11.5 Å². The molecule has 4 atom stereocenters. The predicted octanol–water partition coefficient (Wildman–Crippen LogP) is 1.23. The first kappa shape index (κ1) is 13.8. The van der Waals surface area contributed by atoms with Crippen LogP contribution >= 0.6 is 0 Å². The fraction of sp³-hybridized carbons (Fsp3) is 0.455. The van der Waals surface area contributed by atoms with E-state index < -0.39 is 49.5 Å². The van der Waals surface area contributed by atoms with E-state index in [0.29, 0.717) is 17.9 Å². The van der Waals surface area contributed by atoms with Crippen molar-refractivity contribution in [1.82, 2.24) is 0 Å². The summed E-state index contributed by atoms with van der Waals surface area (Å²) >= 11 is 0. The van der Waals surface area contributed by atoms with Crippen LogP contribution in [-0.4, -0.2) is 29.6 Å². The normalized spacial score (nSPS) is 30.1. The summed E-state index contributed by atoms with van der Waals surface area (Å²) in [4.78, 5) is 0. The second-order valence-electron chi connectivity index (χ2n) is 3.97. The summed E-state index contributed by atoms with van der Waals surface area (Å²) in [6.45, 7) is 0.